The molecule has 2 fully saturated rings. The zero-order chi connectivity index (χ0) is 18.5. The summed E-state index contributed by atoms with van der Waals surface area (Å²) in [5.74, 6) is 3.44. The van der Waals surface area contributed by atoms with Crippen LogP contribution in [0.5, 0.6) is 11.5 Å². The number of halogens is 1. The first-order valence-corrected chi connectivity index (χ1v) is 10.3. The van der Waals surface area contributed by atoms with Crippen molar-refractivity contribution in [3.63, 3.8) is 0 Å². The molecule has 4 rings (SSSR count). The molecule has 0 aromatic heterocycles. The van der Waals surface area contributed by atoms with E-state index in [1.54, 1.807) is 0 Å². The highest BCUT2D eigenvalue weighted by Crippen LogP contribution is 2.50. The fraction of sp³-hybridized carbons (Fsp3) is 0.667. The predicted molar refractivity (Wildman–Crippen MR) is 121 cm³/mol. The second kappa shape index (κ2) is 10.0. The van der Waals surface area contributed by atoms with Crippen LogP contribution in [0.2, 0.25) is 0 Å². The summed E-state index contributed by atoms with van der Waals surface area (Å²) in [7, 11) is 0. The molecule has 0 amide bonds. The van der Waals surface area contributed by atoms with E-state index in [4.69, 9.17) is 19.2 Å². The molecule has 0 unspecified atom stereocenters. The summed E-state index contributed by atoms with van der Waals surface area (Å²) >= 11 is 0. The quantitative estimate of drug-likeness (QED) is 0.223. The second-order valence-electron chi connectivity index (χ2n) is 7.84. The lowest BCUT2D eigenvalue weighted by Gasteiger charge is -2.16. The average molecular weight is 501 g/mol. The highest BCUT2D eigenvalue weighted by molar-refractivity contribution is 14.0. The molecular weight excluding hydrogens is 469 g/mol. The van der Waals surface area contributed by atoms with Crippen molar-refractivity contribution in [3.8, 4) is 11.5 Å². The molecule has 1 aromatic carbocycles. The number of hydrogen-bond donors (Lipinski definition) is 2. The van der Waals surface area contributed by atoms with Gasteiger partial charge in [0.1, 0.15) is 0 Å². The Balaban J connectivity index is 0.00000225. The Labute approximate surface area is 184 Å². The molecule has 156 valence electrons. The Kier molecular flexibility index (Phi) is 7.68. The third kappa shape index (κ3) is 5.65. The first kappa shape index (κ1) is 21.5. The minimum atomic E-state index is 0. The van der Waals surface area contributed by atoms with Gasteiger partial charge in [0.2, 0.25) is 6.79 Å². The first-order valence-electron chi connectivity index (χ1n) is 10.3. The molecule has 0 bridgehead atoms. The van der Waals surface area contributed by atoms with Gasteiger partial charge < -0.3 is 24.8 Å². The van der Waals surface area contributed by atoms with E-state index in [1.165, 1.54) is 31.2 Å². The van der Waals surface area contributed by atoms with Gasteiger partial charge in [0.15, 0.2) is 17.5 Å². The van der Waals surface area contributed by atoms with Gasteiger partial charge in [-0.05, 0) is 62.6 Å². The van der Waals surface area contributed by atoms with Gasteiger partial charge in [0, 0.05) is 31.7 Å². The van der Waals surface area contributed by atoms with Crippen LogP contribution in [0.4, 0.5) is 0 Å². The summed E-state index contributed by atoms with van der Waals surface area (Å²) < 4.78 is 16.7. The lowest BCUT2D eigenvalue weighted by molar-refractivity contribution is 0.123. The number of nitrogens with one attached hydrogen (secondary N) is 2. The van der Waals surface area contributed by atoms with E-state index in [1.807, 2.05) is 6.07 Å². The third-order valence-electron chi connectivity index (χ3n) is 5.53. The molecule has 0 radical (unpaired) electrons. The molecule has 28 heavy (non-hydrogen) atoms. The van der Waals surface area contributed by atoms with E-state index in [-0.39, 0.29) is 29.4 Å². The zero-order valence-electron chi connectivity index (χ0n) is 16.7. The van der Waals surface area contributed by atoms with Crippen LogP contribution < -0.4 is 20.1 Å². The van der Waals surface area contributed by atoms with E-state index in [2.05, 4.69) is 29.7 Å². The standard InChI is InChI=1S/C21H31N3O3.HI/c1-2-22-20(23-10-3-11-25-13-16-4-5-16)24-14-21(8-9-21)17-6-7-18-19(12-17)27-15-26-18;/h6-7,12,16H,2-5,8-11,13-15H2,1H3,(H2,22,23,24);1H. The molecule has 2 saturated carbocycles. The number of rotatable bonds is 10. The van der Waals surface area contributed by atoms with Crippen LogP contribution in [0.25, 0.3) is 0 Å². The van der Waals surface area contributed by atoms with Crippen molar-refractivity contribution >= 4 is 29.9 Å². The largest absolute Gasteiger partial charge is 0.454 e. The minimum Gasteiger partial charge on any atom is -0.454 e. The van der Waals surface area contributed by atoms with Crippen LogP contribution >= 0.6 is 24.0 Å². The summed E-state index contributed by atoms with van der Waals surface area (Å²) in [4.78, 5) is 4.86. The maximum Gasteiger partial charge on any atom is 0.231 e. The number of ether oxygens (including phenoxy) is 3. The molecule has 1 aliphatic heterocycles. The number of hydrogen-bond acceptors (Lipinski definition) is 4. The summed E-state index contributed by atoms with van der Waals surface area (Å²) in [5, 5.41) is 6.78. The first-order chi connectivity index (χ1) is 13.3. The van der Waals surface area contributed by atoms with Crippen LogP contribution in [0.3, 0.4) is 0 Å². The van der Waals surface area contributed by atoms with Gasteiger partial charge in [-0.2, -0.15) is 0 Å². The Hall–Kier alpha value is -1.22. The summed E-state index contributed by atoms with van der Waals surface area (Å²) in [5.41, 5.74) is 1.45. The number of nitrogens with zero attached hydrogens (tertiary/aromatic N) is 1. The Morgan fingerprint density at radius 3 is 2.79 bits per heavy atom. The molecular formula is C21H32IN3O3. The van der Waals surface area contributed by atoms with Gasteiger partial charge in [-0.25, -0.2) is 0 Å². The molecule has 0 atom stereocenters. The normalized spacial score (nSPS) is 19.1. The smallest absolute Gasteiger partial charge is 0.231 e. The molecule has 1 aromatic rings. The third-order valence-corrected chi connectivity index (χ3v) is 5.53. The molecule has 7 heteroatoms. The van der Waals surface area contributed by atoms with Crippen LogP contribution in [0, 0.1) is 5.92 Å². The van der Waals surface area contributed by atoms with E-state index in [0.717, 1.165) is 62.6 Å². The van der Waals surface area contributed by atoms with E-state index >= 15 is 0 Å². The van der Waals surface area contributed by atoms with E-state index in [9.17, 15) is 0 Å². The minimum absolute atomic E-state index is 0. The molecule has 3 aliphatic rings. The number of fused-ring (bicyclic) bond motifs is 1. The molecule has 0 spiro atoms. The maximum absolute atomic E-state index is 5.70. The van der Waals surface area contributed by atoms with E-state index in [0.29, 0.717) is 6.79 Å². The topological polar surface area (TPSA) is 64.1 Å². The summed E-state index contributed by atoms with van der Waals surface area (Å²) in [6, 6.07) is 6.31. The highest BCUT2D eigenvalue weighted by Gasteiger charge is 2.44. The van der Waals surface area contributed by atoms with Crippen molar-refractivity contribution in [2.45, 2.75) is 44.4 Å². The fourth-order valence-electron chi connectivity index (χ4n) is 3.40. The van der Waals surface area contributed by atoms with Crippen molar-refractivity contribution in [2.24, 2.45) is 10.9 Å². The zero-order valence-corrected chi connectivity index (χ0v) is 19.0. The number of benzene rings is 1. The predicted octanol–water partition coefficient (Wildman–Crippen LogP) is 3.44. The van der Waals surface area contributed by atoms with Gasteiger partial charge in [-0.15, -0.1) is 24.0 Å². The molecule has 1 heterocycles. The van der Waals surface area contributed by atoms with Gasteiger partial charge >= 0.3 is 0 Å². The Morgan fingerprint density at radius 1 is 1.21 bits per heavy atom. The molecule has 2 aliphatic carbocycles. The van der Waals surface area contributed by atoms with Crippen molar-refractivity contribution in [3.05, 3.63) is 23.8 Å². The van der Waals surface area contributed by atoms with Gasteiger partial charge in [0.25, 0.3) is 0 Å². The van der Waals surface area contributed by atoms with Crippen molar-refractivity contribution < 1.29 is 14.2 Å². The molecule has 0 saturated heterocycles. The Bertz CT molecular complexity index is 675. The fourth-order valence-corrected chi connectivity index (χ4v) is 3.40. The maximum atomic E-state index is 5.70. The van der Waals surface area contributed by atoms with Crippen molar-refractivity contribution in [1.82, 2.24) is 10.6 Å². The van der Waals surface area contributed by atoms with Crippen LogP contribution in [-0.4, -0.2) is 45.6 Å². The highest BCUT2D eigenvalue weighted by atomic mass is 127. The second-order valence-corrected chi connectivity index (χ2v) is 7.84. The Morgan fingerprint density at radius 2 is 2.04 bits per heavy atom. The number of guanidine groups is 1. The van der Waals surface area contributed by atoms with Gasteiger partial charge in [-0.3, -0.25) is 4.99 Å². The van der Waals surface area contributed by atoms with Crippen LogP contribution in [0.1, 0.15) is 44.6 Å². The molecule has 2 N–H and O–H groups in total. The summed E-state index contributed by atoms with van der Waals surface area (Å²) in [6.07, 6.45) is 6.04. The number of aliphatic imine (C=N–C) groups is 1. The average Bonchev–Trinajstić information content (AvgIpc) is 3.61. The van der Waals surface area contributed by atoms with Gasteiger partial charge in [-0.1, -0.05) is 6.07 Å². The van der Waals surface area contributed by atoms with Crippen LogP contribution in [0.15, 0.2) is 23.2 Å². The van der Waals surface area contributed by atoms with Crippen molar-refractivity contribution in [2.75, 3.05) is 39.6 Å². The molecule has 6 nitrogen and oxygen atoms in total. The monoisotopic (exact) mass is 501 g/mol. The SMILES string of the molecule is CCNC(=NCC1(c2ccc3c(c2)OCO3)CC1)NCCCOCC1CC1.I. The lowest BCUT2D eigenvalue weighted by Crippen LogP contribution is -2.38. The van der Waals surface area contributed by atoms with Crippen molar-refractivity contribution in [1.29, 1.82) is 0 Å². The van der Waals surface area contributed by atoms with E-state index < -0.39 is 0 Å². The lowest BCUT2D eigenvalue weighted by atomic mass is 9.96. The van der Waals surface area contributed by atoms with Gasteiger partial charge in [0.05, 0.1) is 6.54 Å². The summed E-state index contributed by atoms with van der Waals surface area (Å²) in [6.45, 7) is 6.72. The van der Waals surface area contributed by atoms with Crippen LogP contribution in [-0.2, 0) is 10.2 Å².